The number of nitrogens with zero attached hydrogens (tertiary/aromatic N) is 2. The third kappa shape index (κ3) is 6.52. The van der Waals surface area contributed by atoms with E-state index in [-0.39, 0.29) is 17.4 Å². The summed E-state index contributed by atoms with van der Waals surface area (Å²) in [5, 5.41) is 11.4. The van der Waals surface area contributed by atoms with Gasteiger partial charge in [0.1, 0.15) is 17.3 Å². The molecule has 1 aliphatic heterocycles. The molecule has 1 unspecified atom stereocenters. The minimum absolute atomic E-state index is 0.0126. The fourth-order valence-electron chi connectivity index (χ4n) is 4.55. The van der Waals surface area contributed by atoms with Gasteiger partial charge in [0.25, 0.3) is 11.7 Å². The number of aryl methyl sites for hydroxylation is 1. The van der Waals surface area contributed by atoms with E-state index in [1.54, 1.807) is 23.1 Å². The highest BCUT2D eigenvalue weighted by Gasteiger charge is 2.46. The summed E-state index contributed by atoms with van der Waals surface area (Å²) in [4.78, 5) is 30.4. The maximum Gasteiger partial charge on any atom is 0.295 e. The van der Waals surface area contributed by atoms with Crippen molar-refractivity contribution in [2.24, 2.45) is 0 Å². The van der Waals surface area contributed by atoms with E-state index in [4.69, 9.17) is 9.47 Å². The van der Waals surface area contributed by atoms with Gasteiger partial charge >= 0.3 is 0 Å². The molecule has 7 nitrogen and oxygen atoms in total. The molecule has 1 atom stereocenters. The average Bonchev–Trinajstić information content (AvgIpc) is 3.14. The van der Waals surface area contributed by atoms with Crippen molar-refractivity contribution in [2.45, 2.75) is 60.1 Å². The fraction of sp³-hybridized carbons (Fsp3) is 0.467. The standard InChI is InChI=1S/C30H40N2O5/c1-7-18-36-24-13-10-22(11-14-24)27-26(29(34)30(35)32(27)17-16-31(8-2)9-3)28(33)23-12-15-25(21(6)19-23)37-20(4)5/h10-15,19-20,27,33H,7-9,16-18H2,1-6H3/b28-26+. The van der Waals surface area contributed by atoms with Gasteiger partial charge in [-0.25, -0.2) is 0 Å². The molecular formula is C30H40N2O5. The van der Waals surface area contributed by atoms with Crippen LogP contribution in [-0.4, -0.2) is 65.5 Å². The number of carbonyl (C=O) groups excluding carboxylic acids is 2. The van der Waals surface area contributed by atoms with E-state index in [0.717, 1.165) is 36.4 Å². The number of aliphatic hydroxyl groups is 1. The second-order valence-corrected chi connectivity index (χ2v) is 9.58. The zero-order chi connectivity index (χ0) is 27.1. The summed E-state index contributed by atoms with van der Waals surface area (Å²) in [6, 6.07) is 12.0. The predicted octanol–water partition coefficient (Wildman–Crippen LogP) is 5.33. The van der Waals surface area contributed by atoms with Crippen molar-refractivity contribution in [2.75, 3.05) is 32.8 Å². The summed E-state index contributed by atoms with van der Waals surface area (Å²) < 4.78 is 11.5. The molecule has 1 aliphatic rings. The molecule has 0 radical (unpaired) electrons. The Balaban J connectivity index is 2.06. The first kappa shape index (κ1) is 28.3. The zero-order valence-electron chi connectivity index (χ0n) is 22.9. The van der Waals surface area contributed by atoms with Crippen molar-refractivity contribution >= 4 is 17.4 Å². The Bertz CT molecular complexity index is 1120. The van der Waals surface area contributed by atoms with Gasteiger partial charge in [-0.2, -0.15) is 0 Å². The molecule has 1 heterocycles. The number of carbonyl (C=O) groups is 2. The number of hydrogen-bond acceptors (Lipinski definition) is 6. The van der Waals surface area contributed by atoms with E-state index in [0.29, 0.717) is 31.0 Å². The maximum atomic E-state index is 13.3. The highest BCUT2D eigenvalue weighted by atomic mass is 16.5. The normalized spacial score (nSPS) is 17.2. The van der Waals surface area contributed by atoms with Crippen molar-refractivity contribution in [1.29, 1.82) is 0 Å². The Labute approximate surface area is 220 Å². The summed E-state index contributed by atoms with van der Waals surface area (Å²) >= 11 is 0. The van der Waals surface area contributed by atoms with E-state index in [9.17, 15) is 14.7 Å². The van der Waals surface area contributed by atoms with Gasteiger partial charge in [-0.15, -0.1) is 0 Å². The third-order valence-electron chi connectivity index (χ3n) is 6.57. The number of likely N-dealkylation sites (N-methyl/N-ethyl adjacent to an activating group) is 1. The first-order valence-corrected chi connectivity index (χ1v) is 13.2. The van der Waals surface area contributed by atoms with E-state index >= 15 is 0 Å². The minimum Gasteiger partial charge on any atom is -0.507 e. The van der Waals surface area contributed by atoms with Crippen LogP contribution in [0.2, 0.25) is 0 Å². The van der Waals surface area contributed by atoms with Crippen LogP contribution in [0.15, 0.2) is 48.0 Å². The lowest BCUT2D eigenvalue weighted by Crippen LogP contribution is -2.38. The number of ketones is 1. The minimum atomic E-state index is -0.692. The zero-order valence-corrected chi connectivity index (χ0v) is 22.9. The fourth-order valence-corrected chi connectivity index (χ4v) is 4.55. The van der Waals surface area contributed by atoms with Crippen molar-refractivity contribution in [1.82, 2.24) is 9.80 Å². The van der Waals surface area contributed by atoms with Gasteiger partial charge in [0, 0.05) is 18.7 Å². The van der Waals surface area contributed by atoms with Gasteiger partial charge in [-0.05, 0) is 81.7 Å². The monoisotopic (exact) mass is 508 g/mol. The quantitative estimate of drug-likeness (QED) is 0.237. The van der Waals surface area contributed by atoms with Crippen LogP contribution in [0.5, 0.6) is 11.5 Å². The van der Waals surface area contributed by atoms with Gasteiger partial charge in [-0.1, -0.05) is 32.9 Å². The van der Waals surface area contributed by atoms with E-state index in [2.05, 4.69) is 18.7 Å². The summed E-state index contributed by atoms with van der Waals surface area (Å²) in [7, 11) is 0. The first-order valence-electron chi connectivity index (χ1n) is 13.2. The number of benzene rings is 2. The molecular weight excluding hydrogens is 468 g/mol. The molecule has 0 aromatic heterocycles. The number of amides is 1. The lowest BCUT2D eigenvalue weighted by molar-refractivity contribution is -0.140. The maximum absolute atomic E-state index is 13.3. The number of hydrogen-bond donors (Lipinski definition) is 1. The number of aliphatic hydroxyl groups excluding tert-OH is 1. The van der Waals surface area contributed by atoms with Gasteiger partial charge in [0.2, 0.25) is 0 Å². The molecule has 0 spiro atoms. The Morgan fingerprint density at radius 3 is 2.30 bits per heavy atom. The molecule has 1 amide bonds. The highest BCUT2D eigenvalue weighted by molar-refractivity contribution is 6.46. The molecule has 7 heteroatoms. The molecule has 0 bridgehead atoms. The van der Waals surface area contributed by atoms with Gasteiger partial charge in [0.05, 0.1) is 24.3 Å². The summed E-state index contributed by atoms with van der Waals surface area (Å²) in [6.45, 7) is 15.3. The Morgan fingerprint density at radius 2 is 1.73 bits per heavy atom. The van der Waals surface area contributed by atoms with E-state index < -0.39 is 17.7 Å². The van der Waals surface area contributed by atoms with E-state index in [1.807, 2.05) is 52.0 Å². The lowest BCUT2D eigenvalue weighted by atomic mass is 9.94. The topological polar surface area (TPSA) is 79.3 Å². The van der Waals surface area contributed by atoms with Crippen molar-refractivity contribution in [3.63, 3.8) is 0 Å². The molecule has 1 saturated heterocycles. The van der Waals surface area contributed by atoms with Crippen LogP contribution < -0.4 is 9.47 Å². The van der Waals surface area contributed by atoms with Crippen LogP contribution in [0.1, 0.15) is 63.8 Å². The molecule has 2 aromatic rings. The second kappa shape index (κ2) is 12.8. The Kier molecular flexibility index (Phi) is 9.75. The lowest BCUT2D eigenvalue weighted by Gasteiger charge is -2.28. The van der Waals surface area contributed by atoms with Crippen LogP contribution in [0.25, 0.3) is 5.76 Å². The molecule has 1 fully saturated rings. The smallest absolute Gasteiger partial charge is 0.295 e. The molecule has 0 aliphatic carbocycles. The van der Waals surface area contributed by atoms with Crippen molar-refractivity contribution < 1.29 is 24.2 Å². The third-order valence-corrected chi connectivity index (χ3v) is 6.57. The Morgan fingerprint density at radius 1 is 1.05 bits per heavy atom. The van der Waals surface area contributed by atoms with Crippen LogP contribution in [0, 0.1) is 6.92 Å². The first-order chi connectivity index (χ1) is 17.7. The predicted molar refractivity (Wildman–Crippen MR) is 146 cm³/mol. The molecule has 2 aromatic carbocycles. The van der Waals surface area contributed by atoms with Gasteiger partial charge < -0.3 is 24.4 Å². The second-order valence-electron chi connectivity index (χ2n) is 9.58. The number of rotatable bonds is 12. The number of likely N-dealkylation sites (tertiary alicyclic amines) is 1. The van der Waals surface area contributed by atoms with Gasteiger partial charge in [-0.3, -0.25) is 9.59 Å². The summed E-state index contributed by atoms with van der Waals surface area (Å²) in [5.41, 5.74) is 2.16. The SMILES string of the molecule is CCCOc1ccc(C2/C(=C(\O)c3ccc(OC(C)C)c(C)c3)C(=O)C(=O)N2CCN(CC)CC)cc1. The van der Waals surface area contributed by atoms with Gasteiger partial charge in [0.15, 0.2) is 0 Å². The Hall–Kier alpha value is -3.32. The molecule has 200 valence electrons. The average molecular weight is 509 g/mol. The van der Waals surface area contributed by atoms with Crippen molar-refractivity contribution in [3.05, 3.63) is 64.7 Å². The van der Waals surface area contributed by atoms with Crippen LogP contribution in [0.3, 0.4) is 0 Å². The number of Topliss-reactive ketones (excluding diaryl/α,β-unsaturated/α-hetero) is 1. The molecule has 1 N–H and O–H groups in total. The van der Waals surface area contributed by atoms with E-state index in [1.165, 1.54) is 0 Å². The summed E-state index contributed by atoms with van der Waals surface area (Å²) in [5.74, 6) is -0.0123. The van der Waals surface area contributed by atoms with Crippen LogP contribution in [0.4, 0.5) is 0 Å². The highest BCUT2D eigenvalue weighted by Crippen LogP contribution is 2.40. The molecule has 0 saturated carbocycles. The van der Waals surface area contributed by atoms with Crippen LogP contribution in [-0.2, 0) is 9.59 Å². The molecule has 3 rings (SSSR count). The summed E-state index contributed by atoms with van der Waals surface area (Å²) in [6.07, 6.45) is 0.909. The van der Waals surface area contributed by atoms with Crippen LogP contribution >= 0.6 is 0 Å². The van der Waals surface area contributed by atoms with Crippen molar-refractivity contribution in [3.8, 4) is 11.5 Å². The largest absolute Gasteiger partial charge is 0.507 e. The number of ether oxygens (including phenoxy) is 2. The molecule has 37 heavy (non-hydrogen) atoms.